The second-order valence-corrected chi connectivity index (χ2v) is 7.37. The first-order valence-electron chi connectivity index (χ1n) is 6.91. The monoisotopic (exact) mass is 382 g/mol. The second kappa shape index (κ2) is 9.18. The Morgan fingerprint density at radius 2 is 1.77 bits per heavy atom. The summed E-state index contributed by atoms with van der Waals surface area (Å²) in [7, 11) is 4.91. The van der Waals surface area contributed by atoms with E-state index in [9.17, 15) is 4.79 Å². The molecule has 1 fully saturated rings. The van der Waals surface area contributed by atoms with Crippen LogP contribution >= 0.6 is 24.5 Å². The fourth-order valence-corrected chi connectivity index (χ4v) is 4.69. The number of benzene rings is 1. The summed E-state index contributed by atoms with van der Waals surface area (Å²) in [6, 6.07) is 1.76. The molecule has 0 heterocycles. The summed E-state index contributed by atoms with van der Waals surface area (Å²) in [6.45, 7) is 0. The summed E-state index contributed by atoms with van der Waals surface area (Å²) in [5.41, 5.74) is 1.06. The molecule has 0 radical (unpaired) electrons. The van der Waals surface area contributed by atoms with Crippen LogP contribution in [0.4, 0.5) is 0 Å². The number of ether oxygens (including phenoxy) is 3. The van der Waals surface area contributed by atoms with Crippen LogP contribution in [0.1, 0.15) is 37.5 Å². The summed E-state index contributed by atoms with van der Waals surface area (Å²) in [5.74, 6) is 1.50. The van der Waals surface area contributed by atoms with Gasteiger partial charge in [-0.25, -0.2) is 0 Å². The van der Waals surface area contributed by atoms with Crippen LogP contribution in [0.5, 0.6) is 17.2 Å². The molecule has 0 aromatic heterocycles. The van der Waals surface area contributed by atoms with Crippen molar-refractivity contribution < 1.29 is 39.3 Å². The molecule has 1 unspecified atom stereocenters. The fraction of sp³-hybridized carbons (Fsp3) is 0.533. The van der Waals surface area contributed by atoms with Gasteiger partial charge in [-0.05, 0) is 43.0 Å². The molecule has 1 atom stereocenters. The molecular weight excluding hydrogens is 362 g/mol. The third-order valence-corrected chi connectivity index (χ3v) is 5.79. The van der Waals surface area contributed by atoms with E-state index in [-0.39, 0.29) is 34.4 Å². The average molecular weight is 383 g/mol. The molecular formula is C15H21BrLiO4P. The molecule has 22 heavy (non-hydrogen) atoms. The van der Waals surface area contributed by atoms with Gasteiger partial charge in [0.15, 0.2) is 17.0 Å². The van der Waals surface area contributed by atoms with Gasteiger partial charge >= 0.3 is 18.9 Å². The van der Waals surface area contributed by atoms with Gasteiger partial charge in [0.05, 0.1) is 25.8 Å². The van der Waals surface area contributed by atoms with E-state index in [0.29, 0.717) is 32.9 Å². The van der Waals surface area contributed by atoms with Gasteiger partial charge in [-0.15, -0.1) is 0 Å². The van der Waals surface area contributed by atoms with Crippen LogP contribution in [0.3, 0.4) is 0 Å². The Morgan fingerprint density at radius 3 is 2.27 bits per heavy atom. The number of hydrogen-bond donors (Lipinski definition) is 0. The summed E-state index contributed by atoms with van der Waals surface area (Å²) in [5, 5.41) is 0. The van der Waals surface area contributed by atoms with E-state index < -0.39 is 0 Å². The minimum atomic E-state index is 0. The molecule has 0 amide bonds. The van der Waals surface area contributed by atoms with Gasteiger partial charge in [-0.2, -0.15) is 0 Å². The zero-order chi connectivity index (χ0) is 15.4. The minimum absolute atomic E-state index is 0. The first-order chi connectivity index (χ1) is 10.1. The molecule has 4 nitrogen and oxygen atoms in total. The fourth-order valence-electron chi connectivity index (χ4n) is 2.68. The zero-order valence-corrected chi connectivity index (χ0v) is 16.1. The molecule has 2 rings (SSSR count). The number of hydrogen-bond acceptors (Lipinski definition) is 4. The van der Waals surface area contributed by atoms with Crippen LogP contribution in [-0.2, 0) is 0 Å². The maximum Gasteiger partial charge on any atom is 1.00 e. The van der Waals surface area contributed by atoms with E-state index in [4.69, 9.17) is 14.2 Å². The van der Waals surface area contributed by atoms with Gasteiger partial charge < -0.3 is 15.6 Å². The SMILES string of the molecule is COc1cc(Br)c(OC)c(C(=O)PC2CCCC2)c1OC.[H-].[Li+]. The van der Waals surface area contributed by atoms with Gasteiger partial charge in [0.1, 0.15) is 11.3 Å². The number of methoxy groups -OCH3 is 3. The van der Waals surface area contributed by atoms with Crippen molar-refractivity contribution in [2.45, 2.75) is 31.3 Å². The minimum Gasteiger partial charge on any atom is -1.00 e. The van der Waals surface area contributed by atoms with E-state index in [0.717, 1.165) is 12.8 Å². The van der Waals surface area contributed by atoms with Crippen LogP contribution in [0.15, 0.2) is 10.5 Å². The summed E-state index contributed by atoms with van der Waals surface area (Å²) >= 11 is 3.43. The van der Waals surface area contributed by atoms with Gasteiger partial charge in [-0.3, -0.25) is 4.79 Å². The molecule has 1 aliphatic carbocycles. The molecule has 118 valence electrons. The van der Waals surface area contributed by atoms with Crippen molar-refractivity contribution in [1.29, 1.82) is 0 Å². The smallest absolute Gasteiger partial charge is 1.00 e. The number of halogens is 1. The van der Waals surface area contributed by atoms with Crippen LogP contribution in [-0.4, -0.2) is 32.5 Å². The Hall–Kier alpha value is -0.203. The topological polar surface area (TPSA) is 44.8 Å². The van der Waals surface area contributed by atoms with Gasteiger partial charge in [0, 0.05) is 6.07 Å². The van der Waals surface area contributed by atoms with Crippen LogP contribution in [0.25, 0.3) is 0 Å². The molecule has 0 saturated heterocycles. The molecule has 1 aliphatic rings. The van der Waals surface area contributed by atoms with Crippen molar-refractivity contribution in [3.05, 3.63) is 16.1 Å². The second-order valence-electron chi connectivity index (χ2n) is 4.96. The average Bonchev–Trinajstić information content (AvgIpc) is 2.98. The van der Waals surface area contributed by atoms with Crippen molar-refractivity contribution in [1.82, 2.24) is 0 Å². The van der Waals surface area contributed by atoms with Crippen molar-refractivity contribution in [2.24, 2.45) is 0 Å². The Balaban J connectivity index is 0.00000242. The Labute approximate surface area is 155 Å². The third-order valence-electron chi connectivity index (χ3n) is 3.70. The van der Waals surface area contributed by atoms with Gasteiger partial charge in [0.2, 0.25) is 0 Å². The normalized spacial score (nSPS) is 14.9. The zero-order valence-electron chi connectivity index (χ0n) is 14.5. The molecule has 0 spiro atoms. The number of carbonyl (C=O) groups excluding carboxylic acids is 1. The van der Waals surface area contributed by atoms with Crippen molar-refractivity contribution in [3.63, 3.8) is 0 Å². The van der Waals surface area contributed by atoms with Crippen LogP contribution < -0.4 is 33.1 Å². The number of rotatable bonds is 6. The third kappa shape index (κ3) is 4.20. The van der Waals surface area contributed by atoms with E-state index in [1.165, 1.54) is 12.8 Å². The summed E-state index contributed by atoms with van der Waals surface area (Å²) in [4.78, 5) is 12.8. The van der Waals surface area contributed by atoms with Crippen molar-refractivity contribution in [3.8, 4) is 17.2 Å². The van der Waals surface area contributed by atoms with Gasteiger partial charge in [0.25, 0.3) is 0 Å². The Bertz CT molecular complexity index is 539. The van der Waals surface area contributed by atoms with E-state index >= 15 is 0 Å². The van der Waals surface area contributed by atoms with E-state index in [2.05, 4.69) is 15.9 Å². The molecule has 1 aromatic carbocycles. The molecule has 1 aromatic rings. The molecule has 1 saturated carbocycles. The van der Waals surface area contributed by atoms with Gasteiger partial charge in [-0.1, -0.05) is 12.8 Å². The summed E-state index contributed by atoms with van der Waals surface area (Å²) < 4.78 is 16.8. The number of carbonyl (C=O) groups is 1. The van der Waals surface area contributed by atoms with Crippen LogP contribution in [0, 0.1) is 0 Å². The Kier molecular flexibility index (Phi) is 8.28. The van der Waals surface area contributed by atoms with E-state index in [1.54, 1.807) is 27.4 Å². The maximum absolute atomic E-state index is 12.8. The molecule has 0 N–H and O–H groups in total. The van der Waals surface area contributed by atoms with Crippen molar-refractivity contribution in [2.75, 3.05) is 21.3 Å². The summed E-state index contributed by atoms with van der Waals surface area (Å²) in [6.07, 6.45) is 4.72. The molecule has 7 heteroatoms. The first kappa shape index (κ1) is 19.8. The largest absolute Gasteiger partial charge is 1.00 e. The predicted octanol–water partition coefficient (Wildman–Crippen LogP) is 1.35. The molecule has 0 bridgehead atoms. The van der Waals surface area contributed by atoms with E-state index in [1.807, 2.05) is 0 Å². The van der Waals surface area contributed by atoms with Crippen molar-refractivity contribution >= 4 is 30.0 Å². The van der Waals surface area contributed by atoms with Crippen LogP contribution in [0.2, 0.25) is 0 Å². The predicted molar refractivity (Wildman–Crippen MR) is 89.8 cm³/mol. The quantitative estimate of drug-likeness (QED) is 0.550. The standard InChI is InChI=1S/C15H20BrO4P.Li.H/c1-18-11-8-10(16)13(19-2)12(14(11)20-3)15(17)21-9-6-4-5-7-9;;/h8-9,21H,4-7H2,1-3H3;;/q;+1;-1. The maximum atomic E-state index is 12.8. The first-order valence-corrected chi connectivity index (χ1v) is 8.78. The Morgan fingerprint density at radius 1 is 1.18 bits per heavy atom. The molecule has 0 aliphatic heterocycles.